The molecule has 1 rings (SSSR count). The predicted octanol–water partition coefficient (Wildman–Crippen LogP) is 1.03. The number of ether oxygens (including phenoxy) is 1. The van der Waals surface area contributed by atoms with Crippen molar-refractivity contribution in [2.75, 3.05) is 7.11 Å². The fraction of sp³-hybridized carbons (Fsp3) is 0.286. The van der Waals surface area contributed by atoms with Crippen LogP contribution in [0.5, 0.6) is 11.6 Å². The maximum absolute atomic E-state index is 12.2. The fourth-order valence-electron chi connectivity index (χ4n) is 0.885. The van der Waals surface area contributed by atoms with Gasteiger partial charge in [-0.15, -0.1) is 0 Å². The van der Waals surface area contributed by atoms with Crippen LogP contribution in [-0.4, -0.2) is 17.2 Å². The molecule has 0 atom stereocenters. The van der Waals surface area contributed by atoms with Crippen LogP contribution in [0.15, 0.2) is 11.0 Å². The Kier molecular flexibility index (Phi) is 2.50. The molecule has 1 aromatic rings. The molecule has 0 saturated heterocycles. The van der Waals surface area contributed by atoms with Gasteiger partial charge in [-0.05, 0) is 0 Å². The van der Waals surface area contributed by atoms with Crippen LogP contribution in [0.1, 0.15) is 12.0 Å². The summed E-state index contributed by atoms with van der Waals surface area (Å²) >= 11 is 0. The van der Waals surface area contributed by atoms with Gasteiger partial charge in [-0.2, -0.15) is 0 Å². The molecule has 0 spiro atoms. The number of aromatic nitrogens is 1. The molecule has 13 heavy (non-hydrogen) atoms. The molecule has 0 radical (unpaired) electrons. The second-order valence-electron chi connectivity index (χ2n) is 2.25. The van der Waals surface area contributed by atoms with Crippen LogP contribution in [0.25, 0.3) is 0 Å². The first-order chi connectivity index (χ1) is 6.07. The third-order valence-corrected chi connectivity index (χ3v) is 1.48. The first kappa shape index (κ1) is 9.50. The summed E-state index contributed by atoms with van der Waals surface area (Å²) in [5.41, 5.74) is -1.98. The summed E-state index contributed by atoms with van der Waals surface area (Å²) in [7, 11) is 1.15. The van der Waals surface area contributed by atoms with Gasteiger partial charge in [0.2, 0.25) is 11.3 Å². The highest BCUT2D eigenvalue weighted by atomic mass is 19.3. The Morgan fingerprint density at radius 1 is 1.62 bits per heavy atom. The van der Waals surface area contributed by atoms with E-state index in [9.17, 15) is 13.6 Å². The molecule has 1 aromatic heterocycles. The molecule has 4 nitrogen and oxygen atoms in total. The van der Waals surface area contributed by atoms with Crippen molar-refractivity contribution in [2.24, 2.45) is 0 Å². The standard InChI is InChI=1S/C7H7F2NO3/c1-13-7-4(6(8)9)5(12)3(11)2-10-7/h2,6,11H,1H3,(H,10,12). The molecule has 0 fully saturated rings. The molecule has 0 saturated carbocycles. The van der Waals surface area contributed by atoms with Crippen LogP contribution in [0.4, 0.5) is 8.78 Å². The van der Waals surface area contributed by atoms with E-state index in [1.807, 2.05) is 0 Å². The van der Waals surface area contributed by atoms with Gasteiger partial charge in [0.15, 0.2) is 5.75 Å². The highest BCUT2D eigenvalue weighted by Crippen LogP contribution is 2.24. The number of hydrogen-bond acceptors (Lipinski definition) is 3. The second kappa shape index (κ2) is 3.42. The number of pyridine rings is 1. The number of alkyl halides is 2. The summed E-state index contributed by atoms with van der Waals surface area (Å²) in [6, 6.07) is 0. The van der Waals surface area contributed by atoms with Crippen molar-refractivity contribution in [3.8, 4) is 11.6 Å². The van der Waals surface area contributed by atoms with Crippen molar-refractivity contribution in [1.29, 1.82) is 0 Å². The molecule has 0 aromatic carbocycles. The normalized spacial score (nSPS) is 10.5. The summed E-state index contributed by atoms with van der Waals surface area (Å²) in [6.07, 6.45) is -2.08. The number of halogens is 2. The molecule has 0 aliphatic heterocycles. The van der Waals surface area contributed by atoms with E-state index in [4.69, 9.17) is 5.11 Å². The van der Waals surface area contributed by atoms with Crippen molar-refractivity contribution < 1.29 is 18.6 Å². The number of methoxy groups -OCH3 is 1. The van der Waals surface area contributed by atoms with Crippen molar-refractivity contribution in [1.82, 2.24) is 4.98 Å². The minimum atomic E-state index is -2.98. The summed E-state index contributed by atoms with van der Waals surface area (Å²) < 4.78 is 29.0. The van der Waals surface area contributed by atoms with Crippen molar-refractivity contribution in [3.63, 3.8) is 0 Å². The van der Waals surface area contributed by atoms with Crippen LogP contribution in [0, 0.1) is 0 Å². The van der Waals surface area contributed by atoms with Gasteiger partial charge < -0.3 is 14.8 Å². The first-order valence-electron chi connectivity index (χ1n) is 3.34. The lowest BCUT2D eigenvalue weighted by molar-refractivity contribution is 0.144. The SMILES string of the molecule is COc1[nH]cc(O)c(=O)c1C(F)F. The van der Waals surface area contributed by atoms with Gasteiger partial charge in [0, 0.05) is 6.20 Å². The maximum atomic E-state index is 12.2. The molecule has 6 heteroatoms. The molecule has 0 amide bonds. The van der Waals surface area contributed by atoms with Gasteiger partial charge in [0.1, 0.15) is 5.56 Å². The lowest BCUT2D eigenvalue weighted by Crippen LogP contribution is -2.11. The Morgan fingerprint density at radius 3 is 2.69 bits per heavy atom. The zero-order valence-electron chi connectivity index (χ0n) is 6.67. The Balaban J connectivity index is 3.42. The van der Waals surface area contributed by atoms with Crippen LogP contribution >= 0.6 is 0 Å². The third-order valence-electron chi connectivity index (χ3n) is 1.48. The monoisotopic (exact) mass is 191 g/mol. The zero-order chi connectivity index (χ0) is 10.0. The van der Waals surface area contributed by atoms with Crippen LogP contribution in [0.3, 0.4) is 0 Å². The summed E-state index contributed by atoms with van der Waals surface area (Å²) in [5, 5.41) is 8.84. The average molecular weight is 191 g/mol. The molecule has 0 bridgehead atoms. The van der Waals surface area contributed by atoms with E-state index >= 15 is 0 Å². The number of nitrogens with one attached hydrogen (secondary N) is 1. The van der Waals surface area contributed by atoms with E-state index < -0.39 is 23.2 Å². The number of rotatable bonds is 2. The van der Waals surface area contributed by atoms with Crippen molar-refractivity contribution >= 4 is 0 Å². The van der Waals surface area contributed by atoms with Gasteiger partial charge in [0.05, 0.1) is 7.11 Å². The Labute approximate surface area is 71.8 Å². The van der Waals surface area contributed by atoms with Gasteiger partial charge in [-0.25, -0.2) is 8.78 Å². The van der Waals surface area contributed by atoms with Gasteiger partial charge >= 0.3 is 0 Å². The van der Waals surface area contributed by atoms with Crippen LogP contribution in [0.2, 0.25) is 0 Å². The molecular weight excluding hydrogens is 184 g/mol. The summed E-state index contributed by atoms with van der Waals surface area (Å²) in [4.78, 5) is 13.2. The summed E-state index contributed by atoms with van der Waals surface area (Å²) in [5.74, 6) is -1.09. The number of hydrogen-bond donors (Lipinski definition) is 2. The second-order valence-corrected chi connectivity index (χ2v) is 2.25. The quantitative estimate of drug-likeness (QED) is 0.733. The van der Waals surface area contributed by atoms with E-state index in [1.54, 1.807) is 0 Å². The number of aromatic hydroxyl groups is 1. The topological polar surface area (TPSA) is 62.3 Å². The Morgan fingerprint density at radius 2 is 2.23 bits per heavy atom. The largest absolute Gasteiger partial charge is 0.503 e. The van der Waals surface area contributed by atoms with Crippen molar-refractivity contribution in [3.05, 3.63) is 22.0 Å². The first-order valence-corrected chi connectivity index (χ1v) is 3.34. The van der Waals surface area contributed by atoms with E-state index in [2.05, 4.69) is 9.72 Å². The minimum Gasteiger partial charge on any atom is -0.503 e. The fourth-order valence-corrected chi connectivity index (χ4v) is 0.885. The molecule has 1 heterocycles. The lowest BCUT2D eigenvalue weighted by atomic mass is 10.2. The van der Waals surface area contributed by atoms with Crippen LogP contribution in [-0.2, 0) is 0 Å². The van der Waals surface area contributed by atoms with Gasteiger partial charge in [0.25, 0.3) is 6.43 Å². The van der Waals surface area contributed by atoms with E-state index in [0.29, 0.717) is 0 Å². The number of aromatic amines is 1. The zero-order valence-corrected chi connectivity index (χ0v) is 6.67. The third kappa shape index (κ3) is 1.61. The van der Waals surface area contributed by atoms with Crippen molar-refractivity contribution in [2.45, 2.75) is 6.43 Å². The van der Waals surface area contributed by atoms with E-state index in [0.717, 1.165) is 13.3 Å². The molecule has 0 aliphatic rings. The molecular formula is C7H7F2NO3. The Bertz CT molecular complexity index is 361. The smallest absolute Gasteiger partial charge is 0.272 e. The Hall–Kier alpha value is -1.59. The molecule has 0 aliphatic carbocycles. The lowest BCUT2D eigenvalue weighted by Gasteiger charge is -2.06. The van der Waals surface area contributed by atoms with E-state index in [-0.39, 0.29) is 5.88 Å². The van der Waals surface area contributed by atoms with Gasteiger partial charge in [-0.3, -0.25) is 4.79 Å². The molecule has 72 valence electrons. The van der Waals surface area contributed by atoms with Crippen LogP contribution < -0.4 is 10.2 Å². The molecule has 2 N–H and O–H groups in total. The maximum Gasteiger partial charge on any atom is 0.272 e. The summed E-state index contributed by atoms with van der Waals surface area (Å²) in [6.45, 7) is 0. The highest BCUT2D eigenvalue weighted by Gasteiger charge is 2.20. The average Bonchev–Trinajstić information content (AvgIpc) is 2.08. The highest BCUT2D eigenvalue weighted by molar-refractivity contribution is 5.33. The molecule has 0 unspecified atom stereocenters. The number of H-pyrrole nitrogens is 1. The van der Waals surface area contributed by atoms with Gasteiger partial charge in [-0.1, -0.05) is 0 Å². The predicted molar refractivity (Wildman–Crippen MR) is 40.2 cm³/mol. The van der Waals surface area contributed by atoms with E-state index in [1.165, 1.54) is 0 Å². The minimum absolute atomic E-state index is 0.335.